The van der Waals surface area contributed by atoms with Gasteiger partial charge in [0.1, 0.15) is 23.5 Å². The molecule has 4 rings (SSSR count). The summed E-state index contributed by atoms with van der Waals surface area (Å²) >= 11 is 0. The average Bonchev–Trinajstić information content (AvgIpc) is 3.02. The maximum absolute atomic E-state index is 13.1. The lowest BCUT2D eigenvalue weighted by Gasteiger charge is -2.39. The van der Waals surface area contributed by atoms with E-state index >= 15 is 0 Å². The van der Waals surface area contributed by atoms with Crippen molar-refractivity contribution in [3.63, 3.8) is 0 Å². The molecule has 0 saturated heterocycles. The second-order valence-electron chi connectivity index (χ2n) is 7.76. The molecule has 1 aromatic carbocycles. The van der Waals surface area contributed by atoms with Crippen LogP contribution in [0.2, 0.25) is 0 Å². The van der Waals surface area contributed by atoms with Crippen LogP contribution in [0.3, 0.4) is 0 Å². The molecule has 27 heavy (non-hydrogen) atoms. The number of hydrogen-bond acceptors (Lipinski definition) is 6. The highest BCUT2D eigenvalue weighted by molar-refractivity contribution is 6.00. The maximum atomic E-state index is 13.1. The van der Waals surface area contributed by atoms with Crippen molar-refractivity contribution in [3.8, 4) is 17.6 Å². The first kappa shape index (κ1) is 17.2. The Hall–Kier alpha value is -3.27. The number of aromatic nitrogens is 2. The molecule has 7 nitrogen and oxygen atoms in total. The van der Waals surface area contributed by atoms with Gasteiger partial charge in [-0.15, -0.1) is 0 Å². The number of nitriles is 1. The number of carbonyl (C=O) groups is 1. The Kier molecular flexibility index (Phi) is 3.74. The standard InChI is InChI=1S/C20H20N4O3/c1-20(2)7-13-17(15(26)8-20)18(11-4-5-14(25)16(6-11)27-3)24-19(23-13)12(9-21)10-22-24/h4-6,10,18,23,25H,7-8H2,1-3H3/t18-/m0/s1. The molecule has 1 aromatic heterocycles. The van der Waals surface area contributed by atoms with Crippen LogP contribution in [0.4, 0.5) is 5.82 Å². The topological polar surface area (TPSA) is 100 Å². The first-order valence-corrected chi connectivity index (χ1v) is 8.72. The number of carbonyl (C=O) groups excluding carboxylic acids is 1. The highest BCUT2D eigenvalue weighted by Gasteiger charge is 2.41. The van der Waals surface area contributed by atoms with Gasteiger partial charge in [0.15, 0.2) is 17.3 Å². The van der Waals surface area contributed by atoms with E-state index in [-0.39, 0.29) is 16.9 Å². The highest BCUT2D eigenvalue weighted by atomic mass is 16.5. The summed E-state index contributed by atoms with van der Waals surface area (Å²) in [6, 6.07) is 6.68. The number of Topliss-reactive ketones (excluding diaryl/α,β-unsaturated/α-hetero) is 1. The van der Waals surface area contributed by atoms with Crippen LogP contribution < -0.4 is 10.1 Å². The van der Waals surface area contributed by atoms with Gasteiger partial charge in [0, 0.05) is 17.7 Å². The van der Waals surface area contributed by atoms with Crippen molar-refractivity contribution in [2.45, 2.75) is 32.7 Å². The third-order valence-corrected chi connectivity index (χ3v) is 5.14. The molecule has 0 bridgehead atoms. The van der Waals surface area contributed by atoms with Gasteiger partial charge in [-0.25, -0.2) is 4.68 Å². The largest absolute Gasteiger partial charge is 0.504 e. The van der Waals surface area contributed by atoms with Crippen molar-refractivity contribution in [2.24, 2.45) is 5.41 Å². The van der Waals surface area contributed by atoms with E-state index in [0.29, 0.717) is 35.5 Å². The minimum absolute atomic E-state index is 0.0268. The summed E-state index contributed by atoms with van der Waals surface area (Å²) in [5.74, 6) is 0.995. The average molecular weight is 364 g/mol. The summed E-state index contributed by atoms with van der Waals surface area (Å²) < 4.78 is 6.90. The van der Waals surface area contributed by atoms with Crippen LogP contribution >= 0.6 is 0 Å². The molecule has 0 amide bonds. The van der Waals surface area contributed by atoms with Crippen LogP contribution in [-0.4, -0.2) is 27.8 Å². The maximum Gasteiger partial charge on any atom is 0.163 e. The molecule has 0 fully saturated rings. The van der Waals surface area contributed by atoms with Crippen LogP contribution in [0.1, 0.15) is 43.9 Å². The molecule has 0 unspecified atom stereocenters. The van der Waals surface area contributed by atoms with Gasteiger partial charge >= 0.3 is 0 Å². The fourth-order valence-corrected chi connectivity index (χ4v) is 3.97. The van der Waals surface area contributed by atoms with Crippen molar-refractivity contribution in [1.82, 2.24) is 9.78 Å². The summed E-state index contributed by atoms with van der Waals surface area (Å²) in [5, 5.41) is 27.0. The molecule has 1 aliphatic carbocycles. The lowest BCUT2D eigenvalue weighted by atomic mass is 9.73. The van der Waals surface area contributed by atoms with Gasteiger partial charge in [-0.2, -0.15) is 10.4 Å². The predicted octanol–water partition coefficient (Wildman–Crippen LogP) is 3.13. The van der Waals surface area contributed by atoms with Gasteiger partial charge in [0.2, 0.25) is 0 Å². The minimum Gasteiger partial charge on any atom is -0.504 e. The zero-order chi connectivity index (χ0) is 19.3. The molecule has 0 radical (unpaired) electrons. The minimum atomic E-state index is -0.476. The number of rotatable bonds is 2. The number of ketones is 1. The van der Waals surface area contributed by atoms with E-state index in [1.807, 2.05) is 0 Å². The second kappa shape index (κ2) is 5.88. The molecular formula is C20H20N4O3. The third-order valence-electron chi connectivity index (χ3n) is 5.14. The van der Waals surface area contributed by atoms with E-state index in [0.717, 1.165) is 11.3 Å². The van der Waals surface area contributed by atoms with E-state index in [1.165, 1.54) is 13.3 Å². The summed E-state index contributed by atoms with van der Waals surface area (Å²) in [6.07, 6.45) is 2.65. The second-order valence-corrected chi connectivity index (χ2v) is 7.76. The molecule has 0 spiro atoms. The number of allylic oxidation sites excluding steroid dienone is 2. The van der Waals surface area contributed by atoms with E-state index in [4.69, 9.17) is 4.74 Å². The number of phenolic OH excluding ortho intramolecular Hbond substituents is 1. The Morgan fingerprint density at radius 1 is 1.41 bits per heavy atom. The highest BCUT2D eigenvalue weighted by Crippen LogP contribution is 2.47. The lowest BCUT2D eigenvalue weighted by Crippen LogP contribution is -2.36. The number of benzene rings is 1. The number of aromatic hydroxyl groups is 1. The van der Waals surface area contributed by atoms with Gasteiger partial charge in [-0.3, -0.25) is 4.79 Å². The predicted molar refractivity (Wildman–Crippen MR) is 98.4 cm³/mol. The van der Waals surface area contributed by atoms with Crippen molar-refractivity contribution in [2.75, 3.05) is 12.4 Å². The molecular weight excluding hydrogens is 344 g/mol. The zero-order valence-corrected chi connectivity index (χ0v) is 15.4. The monoisotopic (exact) mass is 364 g/mol. The summed E-state index contributed by atoms with van der Waals surface area (Å²) in [7, 11) is 1.48. The third kappa shape index (κ3) is 2.65. The fourth-order valence-electron chi connectivity index (χ4n) is 3.97. The van der Waals surface area contributed by atoms with Crippen molar-refractivity contribution in [1.29, 1.82) is 5.26 Å². The number of hydrogen-bond donors (Lipinski definition) is 2. The first-order chi connectivity index (χ1) is 12.8. The van der Waals surface area contributed by atoms with Gasteiger partial charge in [-0.1, -0.05) is 19.9 Å². The number of ether oxygens (including phenoxy) is 1. The van der Waals surface area contributed by atoms with Crippen LogP contribution in [0.25, 0.3) is 0 Å². The number of nitrogens with one attached hydrogen (secondary N) is 1. The van der Waals surface area contributed by atoms with E-state index in [1.54, 1.807) is 22.9 Å². The normalized spacial score (nSPS) is 20.4. The van der Waals surface area contributed by atoms with E-state index in [2.05, 4.69) is 30.3 Å². The first-order valence-electron chi connectivity index (χ1n) is 8.72. The molecule has 2 heterocycles. The number of nitrogens with zero attached hydrogens (tertiary/aromatic N) is 3. The van der Waals surface area contributed by atoms with Gasteiger partial charge in [0.05, 0.1) is 13.3 Å². The van der Waals surface area contributed by atoms with Crippen molar-refractivity contribution >= 4 is 11.6 Å². The Balaban J connectivity index is 1.95. The van der Waals surface area contributed by atoms with Crippen LogP contribution in [0.15, 0.2) is 35.7 Å². The lowest BCUT2D eigenvalue weighted by molar-refractivity contribution is -0.118. The summed E-state index contributed by atoms with van der Waals surface area (Å²) in [6.45, 7) is 4.12. The molecule has 2 aromatic rings. The van der Waals surface area contributed by atoms with Crippen LogP contribution in [0.5, 0.6) is 11.5 Å². The van der Waals surface area contributed by atoms with Gasteiger partial charge in [-0.05, 0) is 29.5 Å². The van der Waals surface area contributed by atoms with Crippen LogP contribution in [-0.2, 0) is 4.79 Å². The number of anilines is 1. The zero-order valence-electron chi connectivity index (χ0n) is 15.4. The molecule has 7 heteroatoms. The Labute approximate surface area is 156 Å². The van der Waals surface area contributed by atoms with Crippen LogP contribution in [0, 0.1) is 16.7 Å². The smallest absolute Gasteiger partial charge is 0.163 e. The summed E-state index contributed by atoms with van der Waals surface area (Å²) in [4.78, 5) is 13.1. The van der Waals surface area contributed by atoms with Crippen molar-refractivity contribution in [3.05, 3.63) is 46.8 Å². The Bertz CT molecular complexity index is 1030. The molecule has 138 valence electrons. The van der Waals surface area contributed by atoms with Gasteiger partial charge < -0.3 is 15.2 Å². The number of phenols is 1. The Morgan fingerprint density at radius 2 is 2.19 bits per heavy atom. The molecule has 2 aliphatic rings. The fraction of sp³-hybridized carbons (Fsp3) is 0.350. The number of fused-ring (bicyclic) bond motifs is 1. The quantitative estimate of drug-likeness (QED) is 0.849. The summed E-state index contributed by atoms with van der Waals surface area (Å²) in [5.41, 5.74) is 2.52. The molecule has 1 atom stereocenters. The Morgan fingerprint density at radius 3 is 2.89 bits per heavy atom. The van der Waals surface area contributed by atoms with Gasteiger partial charge in [0.25, 0.3) is 0 Å². The van der Waals surface area contributed by atoms with E-state index in [9.17, 15) is 15.2 Å². The van der Waals surface area contributed by atoms with E-state index < -0.39 is 6.04 Å². The molecule has 0 saturated carbocycles. The van der Waals surface area contributed by atoms with Crippen molar-refractivity contribution < 1.29 is 14.6 Å². The number of methoxy groups -OCH3 is 1. The molecule has 2 N–H and O–H groups in total. The SMILES string of the molecule is COc1cc([C@H]2C3=C(CC(C)(C)CC3=O)Nc3c(C#N)cnn32)ccc1O. The molecule has 1 aliphatic heterocycles.